The van der Waals surface area contributed by atoms with Gasteiger partial charge in [-0.1, -0.05) is 40.1 Å². The maximum absolute atomic E-state index is 5.75. The molecular formula is C22H25Cl2NO3S. The summed E-state index contributed by atoms with van der Waals surface area (Å²) in [4.78, 5) is 7.61. The van der Waals surface area contributed by atoms with Gasteiger partial charge in [0.15, 0.2) is 0 Å². The molecule has 29 heavy (non-hydrogen) atoms. The van der Waals surface area contributed by atoms with Crippen LogP contribution < -0.4 is 9.47 Å². The molecule has 0 saturated heterocycles. The Balaban J connectivity index is 1.83. The van der Waals surface area contributed by atoms with Gasteiger partial charge in [0.1, 0.15) is 34.8 Å². The number of hydrogen-bond donors (Lipinski definition) is 0. The van der Waals surface area contributed by atoms with Gasteiger partial charge in [-0.2, -0.15) is 0 Å². The van der Waals surface area contributed by atoms with Crippen molar-refractivity contribution in [3.05, 3.63) is 59.1 Å². The van der Waals surface area contributed by atoms with Crippen LogP contribution in [0.3, 0.4) is 0 Å². The van der Waals surface area contributed by atoms with E-state index < -0.39 is 0 Å². The molecule has 0 aliphatic rings. The molecule has 0 atom stereocenters. The highest BCUT2D eigenvalue weighted by atomic mass is 35.5. The number of nitrogens with zero attached hydrogens (tertiary/aromatic N) is 1. The zero-order chi connectivity index (χ0) is 21.3. The summed E-state index contributed by atoms with van der Waals surface area (Å²) in [6.07, 6.45) is 1.60. The minimum absolute atomic E-state index is 0.199. The van der Waals surface area contributed by atoms with E-state index in [9.17, 15) is 0 Å². The monoisotopic (exact) mass is 453 g/mol. The van der Waals surface area contributed by atoms with Crippen molar-refractivity contribution in [2.45, 2.75) is 43.1 Å². The molecule has 2 rings (SSSR count). The molecular weight excluding hydrogens is 429 g/mol. The molecule has 0 N–H and O–H groups in total. The van der Waals surface area contributed by atoms with Crippen molar-refractivity contribution in [1.29, 1.82) is 0 Å². The Morgan fingerprint density at radius 2 is 1.45 bits per heavy atom. The van der Waals surface area contributed by atoms with Gasteiger partial charge in [-0.15, -0.1) is 0 Å². The number of benzene rings is 2. The molecule has 0 aliphatic heterocycles. The third-order valence-corrected chi connectivity index (χ3v) is 4.62. The minimum atomic E-state index is -0.306. The normalized spacial score (nSPS) is 11.7. The molecule has 0 radical (unpaired) electrons. The van der Waals surface area contributed by atoms with Gasteiger partial charge < -0.3 is 14.3 Å². The summed E-state index contributed by atoms with van der Waals surface area (Å²) in [5.41, 5.74) is 0.476. The molecule has 2 aromatic carbocycles. The Morgan fingerprint density at radius 3 is 1.93 bits per heavy atom. The van der Waals surface area contributed by atoms with E-state index in [1.54, 1.807) is 17.8 Å². The quantitative estimate of drug-likeness (QED) is 0.299. The zero-order valence-corrected chi connectivity index (χ0v) is 19.3. The summed E-state index contributed by atoms with van der Waals surface area (Å²) >= 11 is 12.8. The highest BCUT2D eigenvalue weighted by molar-refractivity contribution is 7.99. The first-order valence-electron chi connectivity index (χ1n) is 9.08. The summed E-state index contributed by atoms with van der Waals surface area (Å²) in [5, 5.41) is 4.08. The SMILES string of the molecule is CC(COc1ccc(Sc2ccc(OCC=C(Cl)Cl)cc2)cc1)=NOC(C)(C)C. The first-order valence-corrected chi connectivity index (χ1v) is 10.6. The smallest absolute Gasteiger partial charge is 0.129 e. The van der Waals surface area contributed by atoms with E-state index in [0.717, 1.165) is 27.0 Å². The topological polar surface area (TPSA) is 40.0 Å². The summed E-state index contributed by atoms with van der Waals surface area (Å²) in [6, 6.07) is 15.8. The Morgan fingerprint density at radius 1 is 0.931 bits per heavy atom. The fourth-order valence-corrected chi connectivity index (χ4v) is 2.92. The van der Waals surface area contributed by atoms with Gasteiger partial charge in [-0.3, -0.25) is 0 Å². The standard InChI is InChI=1S/C22H25Cl2NO3S/c1-16(25-28-22(2,3)4)15-27-18-7-11-20(12-8-18)29-19-9-5-17(6-10-19)26-14-13-21(23)24/h5-13H,14-15H2,1-4H3. The Bertz CT molecular complexity index is 825. The molecule has 4 nitrogen and oxygen atoms in total. The second-order valence-electron chi connectivity index (χ2n) is 7.17. The third-order valence-electron chi connectivity index (χ3n) is 3.29. The molecule has 0 saturated carbocycles. The van der Waals surface area contributed by atoms with Crippen molar-refractivity contribution in [3.63, 3.8) is 0 Å². The lowest BCUT2D eigenvalue weighted by atomic mass is 10.2. The number of rotatable bonds is 9. The maximum atomic E-state index is 5.75. The van der Waals surface area contributed by atoms with Crippen molar-refractivity contribution >= 4 is 40.7 Å². The highest BCUT2D eigenvalue weighted by Gasteiger charge is 2.10. The van der Waals surface area contributed by atoms with Gasteiger partial charge in [0.25, 0.3) is 0 Å². The van der Waals surface area contributed by atoms with E-state index in [2.05, 4.69) is 5.16 Å². The summed E-state index contributed by atoms with van der Waals surface area (Å²) < 4.78 is 11.5. The van der Waals surface area contributed by atoms with Crippen molar-refractivity contribution < 1.29 is 14.3 Å². The van der Waals surface area contributed by atoms with E-state index >= 15 is 0 Å². The van der Waals surface area contributed by atoms with Crippen LogP contribution in [0.1, 0.15) is 27.7 Å². The van der Waals surface area contributed by atoms with Gasteiger partial charge in [-0.05, 0) is 82.3 Å². The van der Waals surface area contributed by atoms with Crippen LogP contribution in [0.4, 0.5) is 0 Å². The van der Waals surface area contributed by atoms with Crippen LogP contribution in [0.15, 0.2) is 74.0 Å². The van der Waals surface area contributed by atoms with Crippen molar-refractivity contribution in [3.8, 4) is 11.5 Å². The van der Waals surface area contributed by atoms with Crippen molar-refractivity contribution in [1.82, 2.24) is 0 Å². The second kappa shape index (κ2) is 11.4. The summed E-state index contributed by atoms with van der Waals surface area (Å²) in [7, 11) is 0. The first kappa shape index (κ1) is 23.5. The number of hydrogen-bond acceptors (Lipinski definition) is 5. The first-order chi connectivity index (χ1) is 13.7. The van der Waals surface area contributed by atoms with Crippen LogP contribution in [0, 0.1) is 0 Å². The predicted octanol–water partition coefficient (Wildman–Crippen LogP) is 7.11. The lowest BCUT2D eigenvalue weighted by Crippen LogP contribution is -2.18. The van der Waals surface area contributed by atoms with Crippen LogP contribution in [-0.2, 0) is 4.84 Å². The molecule has 0 aromatic heterocycles. The van der Waals surface area contributed by atoms with Crippen molar-refractivity contribution in [2.24, 2.45) is 5.16 Å². The van der Waals surface area contributed by atoms with Crippen LogP contribution in [0.2, 0.25) is 0 Å². The summed E-state index contributed by atoms with van der Waals surface area (Å²) in [6.45, 7) is 8.46. The van der Waals surface area contributed by atoms with Crippen molar-refractivity contribution in [2.75, 3.05) is 13.2 Å². The molecule has 0 bridgehead atoms. The maximum Gasteiger partial charge on any atom is 0.129 e. The average Bonchev–Trinajstić information content (AvgIpc) is 2.66. The van der Waals surface area contributed by atoms with Gasteiger partial charge in [-0.25, -0.2) is 0 Å². The van der Waals surface area contributed by atoms with Gasteiger partial charge >= 0.3 is 0 Å². The fraction of sp³-hybridized carbons (Fsp3) is 0.318. The molecule has 0 fully saturated rings. The summed E-state index contributed by atoms with van der Waals surface area (Å²) in [5.74, 6) is 1.55. The van der Waals surface area contributed by atoms with Crippen LogP contribution in [0.5, 0.6) is 11.5 Å². The second-order valence-corrected chi connectivity index (χ2v) is 9.32. The third kappa shape index (κ3) is 9.97. The molecule has 0 aliphatic carbocycles. The Kier molecular flexibility index (Phi) is 9.21. The zero-order valence-electron chi connectivity index (χ0n) is 16.9. The van der Waals surface area contributed by atoms with Crippen LogP contribution >= 0.6 is 35.0 Å². The van der Waals surface area contributed by atoms with E-state index in [1.165, 1.54) is 0 Å². The molecule has 0 amide bonds. The molecule has 2 aromatic rings. The molecule has 0 heterocycles. The molecule has 0 spiro atoms. The minimum Gasteiger partial charge on any atom is -0.489 e. The average molecular weight is 454 g/mol. The van der Waals surface area contributed by atoms with Gasteiger partial charge in [0, 0.05) is 9.79 Å². The Hall–Kier alpha value is -1.82. The molecule has 0 unspecified atom stereocenters. The van der Waals surface area contributed by atoms with Crippen LogP contribution in [-0.4, -0.2) is 24.5 Å². The van der Waals surface area contributed by atoms with E-state index in [1.807, 2.05) is 76.2 Å². The molecule has 7 heteroatoms. The number of halogens is 2. The van der Waals surface area contributed by atoms with E-state index in [4.69, 9.17) is 37.5 Å². The lowest BCUT2D eigenvalue weighted by molar-refractivity contribution is 0.0000986. The van der Waals surface area contributed by atoms with Gasteiger partial charge in [0.2, 0.25) is 0 Å². The van der Waals surface area contributed by atoms with Crippen LogP contribution in [0.25, 0.3) is 0 Å². The van der Waals surface area contributed by atoms with Gasteiger partial charge in [0.05, 0.1) is 5.71 Å². The fourth-order valence-electron chi connectivity index (χ4n) is 1.97. The number of oxime groups is 1. The lowest BCUT2D eigenvalue weighted by Gasteiger charge is -2.16. The van der Waals surface area contributed by atoms with E-state index in [0.29, 0.717) is 13.2 Å². The predicted molar refractivity (Wildman–Crippen MR) is 122 cm³/mol. The largest absolute Gasteiger partial charge is 0.489 e. The molecule has 156 valence electrons. The van der Waals surface area contributed by atoms with E-state index in [-0.39, 0.29) is 10.1 Å². The Labute approximate surface area is 186 Å². The number of ether oxygens (including phenoxy) is 2. The highest BCUT2D eigenvalue weighted by Crippen LogP contribution is 2.30.